The maximum atomic E-state index is 12.2. The van der Waals surface area contributed by atoms with Crippen LogP contribution >= 0.6 is 11.6 Å². The summed E-state index contributed by atoms with van der Waals surface area (Å²) in [6, 6.07) is 10.8. The molecule has 4 nitrogen and oxygen atoms in total. The van der Waals surface area contributed by atoms with Crippen LogP contribution in [-0.4, -0.2) is 17.1 Å². The highest BCUT2D eigenvalue weighted by molar-refractivity contribution is 6.30. The average molecular weight is 341 g/mol. The summed E-state index contributed by atoms with van der Waals surface area (Å²) in [6.07, 6.45) is -4.95. The summed E-state index contributed by atoms with van der Waals surface area (Å²) in [7, 11) is 0. The first-order valence-corrected chi connectivity index (χ1v) is 6.75. The van der Waals surface area contributed by atoms with Gasteiger partial charge in [-0.15, -0.1) is 0 Å². The number of hydrogen-bond donors (Lipinski definition) is 1. The maximum Gasteiger partial charge on any atom is 0.471 e. The lowest BCUT2D eigenvalue weighted by atomic mass is 10.2. The molecule has 0 fully saturated rings. The molecule has 0 radical (unpaired) electrons. The summed E-state index contributed by atoms with van der Waals surface area (Å²) < 4.78 is 42.3. The Morgan fingerprint density at radius 2 is 1.83 bits per heavy atom. The molecule has 23 heavy (non-hydrogen) atoms. The molecule has 1 aromatic heterocycles. The van der Waals surface area contributed by atoms with Crippen LogP contribution in [0.25, 0.3) is 22.6 Å². The van der Waals surface area contributed by atoms with Gasteiger partial charge in [0.1, 0.15) is 5.52 Å². The van der Waals surface area contributed by atoms with E-state index >= 15 is 0 Å². The van der Waals surface area contributed by atoms with E-state index in [-0.39, 0.29) is 5.69 Å². The van der Waals surface area contributed by atoms with Gasteiger partial charge in [0.25, 0.3) is 0 Å². The number of benzene rings is 2. The van der Waals surface area contributed by atoms with E-state index in [1.165, 1.54) is 18.2 Å². The predicted molar refractivity (Wildman–Crippen MR) is 79.1 cm³/mol. The molecule has 0 bridgehead atoms. The monoisotopic (exact) mass is 340 g/mol. The number of hydrogen-bond acceptors (Lipinski definition) is 3. The molecule has 0 unspecified atom stereocenters. The predicted octanol–water partition coefficient (Wildman–Crippen LogP) is 4.65. The molecular weight excluding hydrogens is 333 g/mol. The third kappa shape index (κ3) is 3.29. The zero-order valence-corrected chi connectivity index (χ0v) is 12.1. The Labute approximate surface area is 132 Å². The highest BCUT2D eigenvalue weighted by atomic mass is 35.5. The molecule has 0 aliphatic heterocycles. The van der Waals surface area contributed by atoms with Crippen LogP contribution in [0.5, 0.6) is 0 Å². The molecule has 0 atom stereocenters. The number of alkyl halides is 3. The first-order valence-electron chi connectivity index (χ1n) is 6.37. The van der Waals surface area contributed by atoms with Crippen molar-refractivity contribution >= 4 is 34.3 Å². The normalized spacial score (nSPS) is 11.7. The van der Waals surface area contributed by atoms with Crippen molar-refractivity contribution in [3.8, 4) is 11.5 Å². The Kier molecular flexibility index (Phi) is 3.73. The minimum absolute atomic E-state index is 0.0178. The molecule has 0 spiro atoms. The lowest BCUT2D eigenvalue weighted by molar-refractivity contribution is -0.167. The van der Waals surface area contributed by atoms with Gasteiger partial charge in [-0.05, 0) is 42.5 Å². The van der Waals surface area contributed by atoms with Gasteiger partial charge >= 0.3 is 12.1 Å². The molecule has 1 heterocycles. The second kappa shape index (κ2) is 5.58. The molecule has 0 aliphatic rings. The van der Waals surface area contributed by atoms with Crippen LogP contribution in [0, 0.1) is 0 Å². The number of aromatic nitrogens is 1. The molecule has 118 valence electrons. The number of amides is 1. The number of carbonyl (C=O) groups is 1. The summed E-state index contributed by atoms with van der Waals surface area (Å²) in [5, 5.41) is 2.32. The largest absolute Gasteiger partial charge is 0.471 e. The van der Waals surface area contributed by atoms with Gasteiger partial charge in [0, 0.05) is 16.3 Å². The van der Waals surface area contributed by atoms with Gasteiger partial charge in [-0.2, -0.15) is 13.2 Å². The van der Waals surface area contributed by atoms with E-state index in [0.29, 0.717) is 27.6 Å². The van der Waals surface area contributed by atoms with Crippen LogP contribution in [0.15, 0.2) is 46.9 Å². The number of oxazole rings is 1. The second-order valence-electron chi connectivity index (χ2n) is 4.66. The van der Waals surface area contributed by atoms with Gasteiger partial charge in [-0.25, -0.2) is 4.98 Å². The molecule has 3 rings (SSSR count). The highest BCUT2D eigenvalue weighted by Gasteiger charge is 2.38. The maximum absolute atomic E-state index is 12.2. The lowest BCUT2D eigenvalue weighted by Gasteiger charge is -2.07. The first kappa shape index (κ1) is 15.4. The zero-order chi connectivity index (χ0) is 16.6. The Morgan fingerprint density at radius 1 is 1.13 bits per heavy atom. The molecule has 2 aromatic carbocycles. The molecule has 1 amide bonds. The van der Waals surface area contributed by atoms with Crippen molar-refractivity contribution in [2.24, 2.45) is 0 Å². The van der Waals surface area contributed by atoms with E-state index in [9.17, 15) is 18.0 Å². The van der Waals surface area contributed by atoms with Gasteiger partial charge in [0.15, 0.2) is 5.58 Å². The Morgan fingerprint density at radius 3 is 2.48 bits per heavy atom. The molecule has 8 heteroatoms. The minimum Gasteiger partial charge on any atom is -0.436 e. The van der Waals surface area contributed by atoms with Gasteiger partial charge in [0.2, 0.25) is 5.89 Å². The molecule has 0 saturated heterocycles. The summed E-state index contributed by atoms with van der Waals surface area (Å²) in [5.74, 6) is -1.74. The first-order chi connectivity index (χ1) is 10.8. The summed E-state index contributed by atoms with van der Waals surface area (Å²) in [4.78, 5) is 15.1. The van der Waals surface area contributed by atoms with Crippen LogP contribution < -0.4 is 5.32 Å². The Balaban J connectivity index is 1.92. The van der Waals surface area contributed by atoms with Crippen LogP contribution in [0.1, 0.15) is 0 Å². The van der Waals surface area contributed by atoms with Crippen molar-refractivity contribution in [3.63, 3.8) is 0 Å². The number of fused-ring (bicyclic) bond motifs is 1. The van der Waals surface area contributed by atoms with Crippen molar-refractivity contribution in [2.45, 2.75) is 6.18 Å². The quantitative estimate of drug-likeness (QED) is 0.738. The molecule has 0 aliphatic carbocycles. The smallest absolute Gasteiger partial charge is 0.436 e. The van der Waals surface area contributed by atoms with E-state index in [1.54, 1.807) is 29.6 Å². The van der Waals surface area contributed by atoms with E-state index in [0.717, 1.165) is 0 Å². The molecular formula is C15H8ClF3N2O2. The third-order valence-electron chi connectivity index (χ3n) is 2.99. The Hall–Kier alpha value is -2.54. The van der Waals surface area contributed by atoms with Gasteiger partial charge in [-0.1, -0.05) is 11.6 Å². The second-order valence-corrected chi connectivity index (χ2v) is 5.10. The van der Waals surface area contributed by atoms with E-state index < -0.39 is 12.1 Å². The minimum atomic E-state index is -4.95. The average Bonchev–Trinajstić information content (AvgIpc) is 2.90. The summed E-state index contributed by atoms with van der Waals surface area (Å²) in [5.41, 5.74) is 1.37. The molecule has 1 N–H and O–H groups in total. The summed E-state index contributed by atoms with van der Waals surface area (Å²) >= 11 is 5.80. The van der Waals surface area contributed by atoms with E-state index in [4.69, 9.17) is 16.0 Å². The van der Waals surface area contributed by atoms with E-state index in [2.05, 4.69) is 4.98 Å². The van der Waals surface area contributed by atoms with Gasteiger partial charge < -0.3 is 9.73 Å². The zero-order valence-electron chi connectivity index (χ0n) is 11.3. The van der Waals surface area contributed by atoms with Crippen molar-refractivity contribution in [1.82, 2.24) is 4.98 Å². The van der Waals surface area contributed by atoms with Crippen LogP contribution in [-0.2, 0) is 4.79 Å². The topological polar surface area (TPSA) is 55.1 Å². The fourth-order valence-electron chi connectivity index (χ4n) is 1.92. The Bertz CT molecular complexity index is 873. The lowest BCUT2D eigenvalue weighted by Crippen LogP contribution is -2.29. The highest BCUT2D eigenvalue weighted by Crippen LogP contribution is 2.27. The third-order valence-corrected chi connectivity index (χ3v) is 3.25. The van der Waals surface area contributed by atoms with Gasteiger partial charge in [0.05, 0.1) is 0 Å². The van der Waals surface area contributed by atoms with Crippen LogP contribution in [0.2, 0.25) is 5.02 Å². The van der Waals surface area contributed by atoms with Crippen molar-refractivity contribution in [1.29, 1.82) is 0 Å². The number of halogens is 4. The number of anilines is 1. The number of carbonyl (C=O) groups excluding carboxylic acids is 1. The van der Waals surface area contributed by atoms with Crippen LogP contribution in [0.3, 0.4) is 0 Å². The SMILES string of the molecule is O=C(Nc1ccc2oc(-c3ccc(Cl)cc3)nc2c1)C(F)(F)F. The number of rotatable bonds is 2. The van der Waals surface area contributed by atoms with Crippen molar-refractivity contribution in [2.75, 3.05) is 5.32 Å². The van der Waals surface area contributed by atoms with Crippen LogP contribution in [0.4, 0.5) is 18.9 Å². The molecule has 0 saturated carbocycles. The number of nitrogens with zero attached hydrogens (tertiary/aromatic N) is 1. The van der Waals surface area contributed by atoms with E-state index in [1.807, 2.05) is 0 Å². The van der Waals surface area contributed by atoms with Gasteiger partial charge in [-0.3, -0.25) is 4.79 Å². The fourth-order valence-corrected chi connectivity index (χ4v) is 2.05. The number of nitrogens with one attached hydrogen (secondary N) is 1. The summed E-state index contributed by atoms with van der Waals surface area (Å²) in [6.45, 7) is 0. The van der Waals surface area contributed by atoms with Crippen molar-refractivity contribution < 1.29 is 22.4 Å². The van der Waals surface area contributed by atoms with Crippen molar-refractivity contribution in [3.05, 3.63) is 47.5 Å². The molecule has 3 aromatic rings. The fraction of sp³-hybridized carbons (Fsp3) is 0.0667. The standard InChI is InChI=1S/C15H8ClF3N2O2/c16-9-3-1-8(2-4-9)13-21-11-7-10(5-6-12(11)23-13)20-14(22)15(17,18)19/h1-7H,(H,20,22).